The fourth-order valence-corrected chi connectivity index (χ4v) is 4.38. The standard InChI is InChI=1S/C23H29NO2.ClH/c1-25-21-8-6-18(7-9-21)19-10-14-24(15-11-19)16-12-23-22-5-3-2-4-20(22)13-17-26-23;/h2-9,19,23H,10-17H2,1H3;1H. The van der Waals surface area contributed by atoms with Gasteiger partial charge in [0.15, 0.2) is 0 Å². The molecule has 4 heteroatoms. The van der Waals surface area contributed by atoms with Crippen LogP contribution in [0, 0.1) is 0 Å². The van der Waals surface area contributed by atoms with Crippen molar-refractivity contribution in [1.82, 2.24) is 4.90 Å². The molecule has 0 saturated carbocycles. The van der Waals surface area contributed by atoms with Crippen LogP contribution in [-0.2, 0) is 11.2 Å². The van der Waals surface area contributed by atoms with Crippen molar-refractivity contribution >= 4 is 12.4 Å². The molecular formula is C23H30ClNO2. The first-order chi connectivity index (χ1) is 12.8. The van der Waals surface area contributed by atoms with E-state index in [-0.39, 0.29) is 18.5 Å². The Morgan fingerprint density at radius 2 is 1.78 bits per heavy atom. The third-order valence-electron chi connectivity index (χ3n) is 5.97. The molecule has 3 nitrogen and oxygen atoms in total. The second-order valence-electron chi connectivity index (χ2n) is 7.49. The molecule has 4 rings (SSSR count). The molecule has 1 atom stereocenters. The zero-order valence-electron chi connectivity index (χ0n) is 16.1. The molecule has 2 aromatic rings. The minimum atomic E-state index is 0. The quantitative estimate of drug-likeness (QED) is 0.720. The maximum atomic E-state index is 6.07. The highest BCUT2D eigenvalue weighted by molar-refractivity contribution is 5.85. The Balaban J connectivity index is 0.00000210. The average molecular weight is 388 g/mol. The van der Waals surface area contributed by atoms with E-state index in [0.29, 0.717) is 5.92 Å². The van der Waals surface area contributed by atoms with E-state index in [1.807, 2.05) is 0 Å². The smallest absolute Gasteiger partial charge is 0.118 e. The maximum absolute atomic E-state index is 6.07. The number of halogens is 1. The van der Waals surface area contributed by atoms with Crippen molar-refractivity contribution in [2.75, 3.05) is 33.4 Å². The summed E-state index contributed by atoms with van der Waals surface area (Å²) in [6.07, 6.45) is 4.92. The maximum Gasteiger partial charge on any atom is 0.118 e. The molecule has 146 valence electrons. The number of piperidine rings is 1. The summed E-state index contributed by atoms with van der Waals surface area (Å²) in [6.45, 7) is 4.37. The molecule has 27 heavy (non-hydrogen) atoms. The first-order valence-corrected chi connectivity index (χ1v) is 9.89. The van der Waals surface area contributed by atoms with Gasteiger partial charge in [-0.05, 0) is 73.5 Å². The normalized spacial score (nSPS) is 20.6. The summed E-state index contributed by atoms with van der Waals surface area (Å²) in [4.78, 5) is 2.61. The molecule has 1 saturated heterocycles. The van der Waals surface area contributed by atoms with E-state index in [1.165, 1.54) is 42.6 Å². The van der Waals surface area contributed by atoms with Crippen LogP contribution in [0.1, 0.15) is 48.0 Å². The molecule has 0 spiro atoms. The van der Waals surface area contributed by atoms with Crippen LogP contribution in [0.2, 0.25) is 0 Å². The molecule has 0 aromatic heterocycles. The molecule has 1 fully saturated rings. The Bertz CT molecular complexity index is 711. The highest BCUT2D eigenvalue weighted by atomic mass is 35.5. The van der Waals surface area contributed by atoms with Gasteiger partial charge in [0.1, 0.15) is 5.75 Å². The lowest BCUT2D eigenvalue weighted by molar-refractivity contribution is 0.0275. The van der Waals surface area contributed by atoms with Crippen molar-refractivity contribution in [2.45, 2.75) is 37.7 Å². The summed E-state index contributed by atoms with van der Waals surface area (Å²) in [5.74, 6) is 1.63. The Morgan fingerprint density at radius 1 is 1.04 bits per heavy atom. The lowest BCUT2D eigenvalue weighted by Gasteiger charge is -2.34. The van der Waals surface area contributed by atoms with E-state index in [1.54, 1.807) is 7.11 Å². The van der Waals surface area contributed by atoms with Crippen LogP contribution < -0.4 is 4.74 Å². The summed E-state index contributed by atoms with van der Waals surface area (Å²) >= 11 is 0. The Kier molecular flexibility index (Phi) is 7.17. The van der Waals surface area contributed by atoms with Crippen molar-refractivity contribution in [3.8, 4) is 5.75 Å². The van der Waals surface area contributed by atoms with Crippen LogP contribution in [0.15, 0.2) is 48.5 Å². The number of methoxy groups -OCH3 is 1. The number of benzene rings is 2. The fourth-order valence-electron chi connectivity index (χ4n) is 4.38. The van der Waals surface area contributed by atoms with Gasteiger partial charge in [0.25, 0.3) is 0 Å². The number of likely N-dealkylation sites (tertiary alicyclic amines) is 1. The summed E-state index contributed by atoms with van der Waals surface area (Å²) in [5, 5.41) is 0. The van der Waals surface area contributed by atoms with E-state index in [2.05, 4.69) is 53.4 Å². The van der Waals surface area contributed by atoms with Gasteiger partial charge in [-0.2, -0.15) is 0 Å². The van der Waals surface area contributed by atoms with Gasteiger partial charge in [-0.3, -0.25) is 0 Å². The lowest BCUT2D eigenvalue weighted by atomic mass is 9.89. The minimum absolute atomic E-state index is 0. The van der Waals surface area contributed by atoms with E-state index < -0.39 is 0 Å². The molecule has 2 aliphatic heterocycles. The van der Waals surface area contributed by atoms with Gasteiger partial charge in [0, 0.05) is 6.54 Å². The molecule has 0 bridgehead atoms. The summed E-state index contributed by atoms with van der Waals surface area (Å²) in [6, 6.07) is 17.4. The van der Waals surface area contributed by atoms with Gasteiger partial charge < -0.3 is 14.4 Å². The highest BCUT2D eigenvalue weighted by Gasteiger charge is 2.24. The number of ether oxygens (including phenoxy) is 2. The van der Waals surface area contributed by atoms with E-state index >= 15 is 0 Å². The fraction of sp³-hybridized carbons (Fsp3) is 0.478. The van der Waals surface area contributed by atoms with Gasteiger partial charge in [0.2, 0.25) is 0 Å². The van der Waals surface area contributed by atoms with E-state index in [0.717, 1.165) is 31.7 Å². The molecular weight excluding hydrogens is 358 g/mol. The van der Waals surface area contributed by atoms with Gasteiger partial charge in [0.05, 0.1) is 19.8 Å². The van der Waals surface area contributed by atoms with Crippen LogP contribution >= 0.6 is 12.4 Å². The van der Waals surface area contributed by atoms with Gasteiger partial charge in [-0.1, -0.05) is 36.4 Å². The number of hydrogen-bond donors (Lipinski definition) is 0. The molecule has 2 aliphatic rings. The lowest BCUT2D eigenvalue weighted by Crippen LogP contribution is -2.34. The third-order valence-corrected chi connectivity index (χ3v) is 5.97. The van der Waals surface area contributed by atoms with Gasteiger partial charge in [-0.25, -0.2) is 0 Å². The average Bonchev–Trinajstić information content (AvgIpc) is 2.73. The Hall–Kier alpha value is -1.55. The number of hydrogen-bond acceptors (Lipinski definition) is 3. The summed E-state index contributed by atoms with van der Waals surface area (Å²) in [5.41, 5.74) is 4.34. The van der Waals surface area contributed by atoms with Crippen molar-refractivity contribution in [3.05, 3.63) is 65.2 Å². The second-order valence-corrected chi connectivity index (χ2v) is 7.49. The van der Waals surface area contributed by atoms with Crippen molar-refractivity contribution in [2.24, 2.45) is 0 Å². The first kappa shape index (κ1) is 20.2. The molecule has 0 N–H and O–H groups in total. The molecule has 0 aliphatic carbocycles. The zero-order valence-corrected chi connectivity index (χ0v) is 16.9. The van der Waals surface area contributed by atoms with Crippen LogP contribution in [0.4, 0.5) is 0 Å². The number of fused-ring (bicyclic) bond motifs is 1. The number of rotatable bonds is 5. The number of nitrogens with zero attached hydrogens (tertiary/aromatic N) is 1. The topological polar surface area (TPSA) is 21.7 Å². The molecule has 0 amide bonds. The highest BCUT2D eigenvalue weighted by Crippen LogP contribution is 2.32. The minimum Gasteiger partial charge on any atom is -0.497 e. The van der Waals surface area contributed by atoms with Gasteiger partial charge in [-0.15, -0.1) is 12.4 Å². The summed E-state index contributed by atoms with van der Waals surface area (Å²) < 4.78 is 11.3. The molecule has 1 unspecified atom stereocenters. The van der Waals surface area contributed by atoms with Crippen LogP contribution in [0.25, 0.3) is 0 Å². The predicted molar refractivity (Wildman–Crippen MR) is 112 cm³/mol. The van der Waals surface area contributed by atoms with Crippen molar-refractivity contribution in [1.29, 1.82) is 0 Å². The second kappa shape index (κ2) is 9.59. The monoisotopic (exact) mass is 387 g/mol. The Labute approximate surface area is 169 Å². The zero-order chi connectivity index (χ0) is 17.8. The van der Waals surface area contributed by atoms with Crippen LogP contribution in [0.5, 0.6) is 5.75 Å². The van der Waals surface area contributed by atoms with Crippen LogP contribution in [0.3, 0.4) is 0 Å². The molecule has 0 radical (unpaired) electrons. The SMILES string of the molecule is COc1ccc(C2CCN(CCC3OCCc4ccccc43)CC2)cc1.Cl. The van der Waals surface area contributed by atoms with Crippen molar-refractivity contribution in [3.63, 3.8) is 0 Å². The van der Waals surface area contributed by atoms with E-state index in [9.17, 15) is 0 Å². The summed E-state index contributed by atoms with van der Waals surface area (Å²) in [7, 11) is 1.72. The largest absolute Gasteiger partial charge is 0.497 e. The first-order valence-electron chi connectivity index (χ1n) is 9.89. The predicted octanol–water partition coefficient (Wildman–Crippen LogP) is 5.00. The van der Waals surface area contributed by atoms with E-state index in [4.69, 9.17) is 9.47 Å². The van der Waals surface area contributed by atoms with Gasteiger partial charge >= 0.3 is 0 Å². The Morgan fingerprint density at radius 3 is 2.52 bits per heavy atom. The van der Waals surface area contributed by atoms with Crippen LogP contribution in [-0.4, -0.2) is 38.3 Å². The van der Waals surface area contributed by atoms with Crippen molar-refractivity contribution < 1.29 is 9.47 Å². The third kappa shape index (κ3) is 4.84. The molecule has 2 heterocycles. The molecule has 2 aromatic carbocycles.